The van der Waals surface area contributed by atoms with E-state index in [2.05, 4.69) is 20.3 Å². The highest BCUT2D eigenvalue weighted by atomic mass is 16.7. The number of esters is 3. The number of amides is 1. The number of imidazole rings is 1. The van der Waals surface area contributed by atoms with Crippen molar-refractivity contribution in [2.75, 3.05) is 11.9 Å². The van der Waals surface area contributed by atoms with Crippen molar-refractivity contribution in [1.29, 1.82) is 0 Å². The molecule has 2 aromatic heterocycles. The number of rotatable bonds is 10. The Morgan fingerprint density at radius 3 is 2.18 bits per heavy atom. The van der Waals surface area contributed by atoms with Crippen molar-refractivity contribution in [3.8, 4) is 22.8 Å². The minimum Gasteiger partial charge on any atom is -0.463 e. The van der Waals surface area contributed by atoms with Gasteiger partial charge in [0.1, 0.15) is 41.7 Å². The number of para-hydroxylation sites is 1. The van der Waals surface area contributed by atoms with Crippen molar-refractivity contribution in [3.63, 3.8) is 0 Å². The first-order valence-electron chi connectivity index (χ1n) is 15.2. The number of ether oxygens (including phenoxy) is 5. The molecule has 3 heterocycles. The van der Waals surface area contributed by atoms with Crippen molar-refractivity contribution in [2.24, 2.45) is 0 Å². The fourth-order valence-corrected chi connectivity index (χ4v) is 5.46. The molecule has 0 bridgehead atoms. The van der Waals surface area contributed by atoms with Crippen LogP contribution in [-0.2, 0) is 33.3 Å². The van der Waals surface area contributed by atoms with E-state index < -0.39 is 42.4 Å². The third-order valence-corrected chi connectivity index (χ3v) is 7.48. The monoisotopic (exact) mass is 665 g/mol. The second-order valence-electron chi connectivity index (χ2n) is 11.0. The van der Waals surface area contributed by atoms with Gasteiger partial charge in [0.05, 0.1) is 12.0 Å². The van der Waals surface area contributed by atoms with Crippen LogP contribution in [0.1, 0.15) is 37.4 Å². The summed E-state index contributed by atoms with van der Waals surface area (Å²) < 4.78 is 30.0. The molecule has 14 heteroatoms. The smallest absolute Gasteiger partial charge is 0.303 e. The summed E-state index contributed by atoms with van der Waals surface area (Å²) in [5.41, 5.74) is 2.33. The molecule has 3 aromatic carbocycles. The molecule has 14 nitrogen and oxygen atoms in total. The molecule has 1 saturated heterocycles. The average molecular weight is 666 g/mol. The minimum absolute atomic E-state index is 0.268. The van der Waals surface area contributed by atoms with Gasteiger partial charge in [-0.15, -0.1) is 0 Å². The molecule has 0 aliphatic carbocycles. The summed E-state index contributed by atoms with van der Waals surface area (Å²) in [5.74, 6) is -1.15. The van der Waals surface area contributed by atoms with Crippen molar-refractivity contribution in [1.82, 2.24) is 19.5 Å². The number of hydrogen-bond donors (Lipinski definition) is 1. The van der Waals surface area contributed by atoms with Gasteiger partial charge >= 0.3 is 17.9 Å². The Bertz CT molecular complexity index is 2000. The molecular weight excluding hydrogens is 634 g/mol. The van der Waals surface area contributed by atoms with Crippen LogP contribution in [0.15, 0.2) is 91.5 Å². The third-order valence-electron chi connectivity index (χ3n) is 7.48. The largest absolute Gasteiger partial charge is 0.463 e. The maximum atomic E-state index is 13.3. The molecule has 1 N–H and O–H groups in total. The lowest BCUT2D eigenvalue weighted by Gasteiger charge is -2.23. The lowest BCUT2D eigenvalue weighted by atomic mass is 10.1. The standard InChI is InChI=1S/C35H31N5O9/c1-20(41)45-17-28-31(46-21(2)42)32(47-22(3)43)35(49-28)40-19-38-30-29(36-18-37-33(30)40)26-15-14-25(48-24-12-8-5-9-13-24)16-27(26)39-34(44)23-10-6-4-7-11-23/h4-16,18-19,28,31-32,35H,17H2,1-3H3,(H,39,44)/t28-,31+,32-,35?/m0/s1. The maximum absolute atomic E-state index is 13.3. The Morgan fingerprint density at radius 2 is 1.49 bits per heavy atom. The zero-order valence-electron chi connectivity index (χ0n) is 26.6. The SMILES string of the molecule is CC(=O)OC[C@@H]1OC(n2cnc3c(-c4ccc(Oc5ccccc5)cc4NC(=O)c4ccccc4)ncnc32)[C@@H](OC(C)=O)[C@@H]1OC(C)=O. The summed E-state index contributed by atoms with van der Waals surface area (Å²) in [7, 11) is 0. The summed E-state index contributed by atoms with van der Waals surface area (Å²) in [6.07, 6.45) is -1.56. The molecule has 1 amide bonds. The normalized spacial score (nSPS) is 18.4. The predicted molar refractivity (Wildman–Crippen MR) is 173 cm³/mol. The highest BCUT2D eigenvalue weighted by Gasteiger charge is 2.51. The molecule has 0 radical (unpaired) electrons. The van der Waals surface area contributed by atoms with E-state index in [4.69, 9.17) is 23.7 Å². The van der Waals surface area contributed by atoms with Gasteiger partial charge in [0.15, 0.2) is 24.1 Å². The van der Waals surface area contributed by atoms with Crippen LogP contribution in [0.2, 0.25) is 0 Å². The lowest BCUT2D eigenvalue weighted by molar-refractivity contribution is -0.166. The molecule has 1 aliphatic rings. The van der Waals surface area contributed by atoms with Crippen LogP contribution in [0.4, 0.5) is 5.69 Å². The Hall–Kier alpha value is -6.15. The second kappa shape index (κ2) is 14.3. The van der Waals surface area contributed by atoms with Crippen LogP contribution >= 0.6 is 0 Å². The number of nitrogens with one attached hydrogen (secondary N) is 1. The molecule has 1 fully saturated rings. The van der Waals surface area contributed by atoms with E-state index >= 15 is 0 Å². The van der Waals surface area contributed by atoms with Gasteiger partial charge in [-0.3, -0.25) is 23.7 Å². The molecule has 250 valence electrons. The molecule has 4 atom stereocenters. The highest BCUT2D eigenvalue weighted by Crippen LogP contribution is 2.39. The minimum atomic E-state index is -1.15. The zero-order chi connectivity index (χ0) is 34.5. The Labute approximate surface area is 279 Å². The molecule has 0 saturated carbocycles. The average Bonchev–Trinajstić information content (AvgIpc) is 3.65. The number of benzene rings is 3. The number of carbonyl (C=O) groups excluding carboxylic acids is 4. The van der Waals surface area contributed by atoms with Gasteiger partial charge in [-0.25, -0.2) is 15.0 Å². The molecule has 1 unspecified atom stereocenters. The van der Waals surface area contributed by atoms with E-state index in [1.54, 1.807) is 42.5 Å². The number of carbonyl (C=O) groups is 4. The van der Waals surface area contributed by atoms with Crippen molar-refractivity contribution in [3.05, 3.63) is 97.1 Å². The van der Waals surface area contributed by atoms with E-state index in [1.165, 1.54) is 38.0 Å². The van der Waals surface area contributed by atoms with Gasteiger partial charge in [0.2, 0.25) is 0 Å². The summed E-state index contributed by atoms with van der Waals surface area (Å²) in [5, 5.41) is 2.97. The van der Waals surface area contributed by atoms with Crippen molar-refractivity contribution >= 4 is 40.7 Å². The van der Waals surface area contributed by atoms with Crippen LogP contribution in [-0.4, -0.2) is 68.3 Å². The van der Waals surface area contributed by atoms with Gasteiger partial charge in [0.25, 0.3) is 5.91 Å². The van der Waals surface area contributed by atoms with Crippen LogP contribution in [0.3, 0.4) is 0 Å². The first kappa shape index (κ1) is 32.8. The van der Waals surface area contributed by atoms with Crippen LogP contribution in [0.25, 0.3) is 22.4 Å². The maximum Gasteiger partial charge on any atom is 0.303 e. The van der Waals surface area contributed by atoms with E-state index in [9.17, 15) is 19.2 Å². The van der Waals surface area contributed by atoms with Crippen LogP contribution < -0.4 is 10.1 Å². The fraction of sp³-hybridized carbons (Fsp3) is 0.229. The van der Waals surface area contributed by atoms with Gasteiger partial charge < -0.3 is 29.0 Å². The van der Waals surface area contributed by atoms with Gasteiger partial charge in [0, 0.05) is 38.0 Å². The Balaban J connectivity index is 1.41. The second-order valence-corrected chi connectivity index (χ2v) is 11.0. The molecule has 6 rings (SSSR count). The van der Waals surface area contributed by atoms with Crippen molar-refractivity contribution < 1.29 is 42.9 Å². The fourth-order valence-electron chi connectivity index (χ4n) is 5.46. The van der Waals surface area contributed by atoms with E-state index in [1.807, 2.05) is 36.4 Å². The number of anilines is 1. The number of aromatic nitrogens is 4. The van der Waals surface area contributed by atoms with Gasteiger partial charge in [-0.2, -0.15) is 0 Å². The topological polar surface area (TPSA) is 170 Å². The first-order chi connectivity index (χ1) is 23.7. The number of hydrogen-bond acceptors (Lipinski definition) is 12. The summed E-state index contributed by atoms with van der Waals surface area (Å²) in [6, 6.07) is 23.1. The lowest BCUT2D eigenvalue weighted by Crippen LogP contribution is -2.40. The predicted octanol–water partition coefficient (Wildman–Crippen LogP) is 4.86. The quantitative estimate of drug-likeness (QED) is 0.159. The number of fused-ring (bicyclic) bond motifs is 1. The Morgan fingerprint density at radius 1 is 0.796 bits per heavy atom. The molecule has 5 aromatic rings. The highest BCUT2D eigenvalue weighted by molar-refractivity contribution is 6.07. The number of nitrogens with zero attached hydrogens (tertiary/aromatic N) is 4. The molecule has 0 spiro atoms. The molecular formula is C35H31N5O9. The summed E-state index contributed by atoms with van der Waals surface area (Å²) in [4.78, 5) is 62.7. The van der Waals surface area contributed by atoms with Gasteiger partial charge in [-0.1, -0.05) is 36.4 Å². The molecule has 49 heavy (non-hydrogen) atoms. The molecule has 1 aliphatic heterocycles. The van der Waals surface area contributed by atoms with E-state index in [-0.39, 0.29) is 18.2 Å². The van der Waals surface area contributed by atoms with E-state index in [0.717, 1.165) is 0 Å². The van der Waals surface area contributed by atoms with Gasteiger partial charge in [-0.05, 0) is 36.4 Å². The zero-order valence-corrected chi connectivity index (χ0v) is 26.6. The van der Waals surface area contributed by atoms with Crippen LogP contribution in [0.5, 0.6) is 11.5 Å². The van der Waals surface area contributed by atoms with Crippen molar-refractivity contribution in [2.45, 2.75) is 45.3 Å². The van der Waals surface area contributed by atoms with Crippen LogP contribution in [0, 0.1) is 0 Å². The summed E-state index contributed by atoms with van der Waals surface area (Å²) >= 11 is 0. The third kappa shape index (κ3) is 7.39. The Kier molecular flexibility index (Phi) is 9.57. The summed E-state index contributed by atoms with van der Waals surface area (Å²) in [6.45, 7) is 3.38. The van der Waals surface area contributed by atoms with E-state index in [0.29, 0.717) is 39.5 Å². The first-order valence-corrected chi connectivity index (χ1v) is 15.2.